The first-order chi connectivity index (χ1) is 15.8. The van der Waals surface area contributed by atoms with Gasteiger partial charge >= 0.3 is 0 Å². The highest BCUT2D eigenvalue weighted by atomic mass is 35.5. The molecule has 0 radical (unpaired) electrons. The third-order valence-electron chi connectivity index (χ3n) is 4.66. The van der Waals surface area contributed by atoms with Crippen molar-refractivity contribution in [2.24, 2.45) is 5.10 Å². The van der Waals surface area contributed by atoms with Crippen LogP contribution in [0.2, 0.25) is 5.02 Å². The number of halogens is 1. The van der Waals surface area contributed by atoms with Crippen molar-refractivity contribution in [1.29, 1.82) is 0 Å². The number of nitrogens with one attached hydrogen (secondary N) is 1. The Morgan fingerprint density at radius 1 is 1.09 bits per heavy atom. The molecular weight excluding hydrogens is 462 g/mol. The normalized spacial score (nSPS) is 11.4. The van der Waals surface area contributed by atoms with E-state index in [0.717, 1.165) is 21.2 Å². The molecular formula is C24H24ClN3O4S. The fourth-order valence-electron chi connectivity index (χ4n) is 2.93. The summed E-state index contributed by atoms with van der Waals surface area (Å²) in [6.45, 7) is 3.80. The van der Waals surface area contributed by atoms with E-state index in [4.69, 9.17) is 16.3 Å². The van der Waals surface area contributed by atoms with Crippen LogP contribution in [0.4, 0.5) is 5.69 Å². The van der Waals surface area contributed by atoms with Gasteiger partial charge in [-0.1, -0.05) is 35.9 Å². The number of benzene rings is 3. The highest BCUT2D eigenvalue weighted by Gasteiger charge is 2.27. The molecule has 0 atom stereocenters. The minimum atomic E-state index is -4.02. The summed E-state index contributed by atoms with van der Waals surface area (Å²) in [5, 5.41) is 4.34. The smallest absolute Gasteiger partial charge is 0.264 e. The van der Waals surface area contributed by atoms with Crippen LogP contribution in [-0.4, -0.2) is 33.7 Å². The number of aryl methyl sites for hydroxylation is 1. The number of anilines is 1. The van der Waals surface area contributed by atoms with Crippen molar-refractivity contribution in [2.75, 3.05) is 17.5 Å². The molecule has 0 heterocycles. The molecule has 0 aliphatic carbocycles. The standard InChI is InChI=1S/C24H24ClN3O4S/c1-3-32-21-13-10-19(11-14-21)16-26-27-24(29)17-28(20-12-9-18(2)23(25)15-20)33(30,31)22-7-5-4-6-8-22/h4-16H,3,17H2,1-2H3,(H,27,29)/b26-16+. The molecule has 33 heavy (non-hydrogen) atoms. The zero-order valence-corrected chi connectivity index (χ0v) is 19.8. The Balaban J connectivity index is 1.79. The van der Waals surface area contributed by atoms with Gasteiger partial charge in [-0.05, 0) is 73.5 Å². The van der Waals surface area contributed by atoms with Crippen molar-refractivity contribution in [2.45, 2.75) is 18.7 Å². The van der Waals surface area contributed by atoms with Gasteiger partial charge in [0.2, 0.25) is 0 Å². The molecule has 3 aromatic carbocycles. The van der Waals surface area contributed by atoms with Gasteiger partial charge in [0, 0.05) is 5.02 Å². The molecule has 0 saturated heterocycles. The molecule has 0 aliphatic rings. The topological polar surface area (TPSA) is 88.1 Å². The second-order valence-electron chi connectivity index (χ2n) is 7.05. The lowest BCUT2D eigenvalue weighted by Crippen LogP contribution is -2.39. The molecule has 172 valence electrons. The van der Waals surface area contributed by atoms with Crippen LogP contribution in [-0.2, 0) is 14.8 Å². The van der Waals surface area contributed by atoms with E-state index in [2.05, 4.69) is 10.5 Å². The molecule has 0 unspecified atom stereocenters. The number of carbonyl (C=O) groups excluding carboxylic acids is 1. The molecule has 9 heteroatoms. The van der Waals surface area contributed by atoms with Gasteiger partial charge in [0.15, 0.2) is 0 Å². The van der Waals surface area contributed by atoms with Crippen LogP contribution in [0.15, 0.2) is 82.8 Å². The van der Waals surface area contributed by atoms with Crippen LogP contribution in [0.5, 0.6) is 5.75 Å². The number of rotatable bonds is 9. The Kier molecular flexibility index (Phi) is 8.08. The van der Waals surface area contributed by atoms with Gasteiger partial charge in [0.05, 0.1) is 23.4 Å². The highest BCUT2D eigenvalue weighted by molar-refractivity contribution is 7.92. The van der Waals surface area contributed by atoms with Gasteiger partial charge in [0.25, 0.3) is 15.9 Å². The Morgan fingerprint density at radius 2 is 1.79 bits per heavy atom. The molecule has 3 rings (SSSR count). The summed E-state index contributed by atoms with van der Waals surface area (Å²) in [6, 6.07) is 19.9. The van der Waals surface area contributed by atoms with E-state index in [1.807, 2.05) is 13.8 Å². The van der Waals surface area contributed by atoms with Crippen molar-refractivity contribution < 1.29 is 17.9 Å². The second-order valence-corrected chi connectivity index (χ2v) is 9.32. The Bertz CT molecular complexity index is 1230. The molecule has 0 bridgehead atoms. The largest absolute Gasteiger partial charge is 0.494 e. The summed E-state index contributed by atoms with van der Waals surface area (Å²) in [6.07, 6.45) is 1.46. The van der Waals surface area contributed by atoms with Crippen molar-refractivity contribution >= 4 is 39.4 Å². The summed E-state index contributed by atoms with van der Waals surface area (Å²) in [7, 11) is -4.02. The van der Waals surface area contributed by atoms with E-state index < -0.39 is 22.5 Å². The minimum Gasteiger partial charge on any atom is -0.494 e. The fraction of sp³-hybridized carbons (Fsp3) is 0.167. The van der Waals surface area contributed by atoms with Crippen LogP contribution >= 0.6 is 11.6 Å². The third-order valence-corrected chi connectivity index (χ3v) is 6.85. The average molecular weight is 486 g/mol. The van der Waals surface area contributed by atoms with E-state index in [1.54, 1.807) is 54.6 Å². The summed E-state index contributed by atoms with van der Waals surface area (Å²) < 4.78 is 33.0. The first-order valence-electron chi connectivity index (χ1n) is 10.2. The number of sulfonamides is 1. The van der Waals surface area contributed by atoms with Crippen molar-refractivity contribution in [3.63, 3.8) is 0 Å². The Labute approximate surface area is 198 Å². The van der Waals surface area contributed by atoms with E-state index in [-0.39, 0.29) is 10.6 Å². The van der Waals surface area contributed by atoms with Gasteiger partial charge in [0.1, 0.15) is 12.3 Å². The molecule has 3 aromatic rings. The molecule has 7 nitrogen and oxygen atoms in total. The molecule has 0 aromatic heterocycles. The van der Waals surface area contributed by atoms with Gasteiger partial charge in [-0.15, -0.1) is 0 Å². The van der Waals surface area contributed by atoms with Crippen LogP contribution in [0, 0.1) is 6.92 Å². The molecule has 1 N–H and O–H groups in total. The average Bonchev–Trinajstić information content (AvgIpc) is 2.81. The highest BCUT2D eigenvalue weighted by Crippen LogP contribution is 2.27. The monoisotopic (exact) mass is 485 g/mol. The van der Waals surface area contributed by atoms with Crippen molar-refractivity contribution in [3.8, 4) is 5.75 Å². The van der Waals surface area contributed by atoms with Gasteiger partial charge in [-0.2, -0.15) is 5.10 Å². The Morgan fingerprint density at radius 3 is 2.42 bits per heavy atom. The van der Waals surface area contributed by atoms with Gasteiger partial charge in [-0.25, -0.2) is 13.8 Å². The number of hydrogen-bond acceptors (Lipinski definition) is 5. The number of hydrogen-bond donors (Lipinski definition) is 1. The maximum absolute atomic E-state index is 13.3. The predicted octanol–water partition coefficient (Wildman–Crippen LogP) is 4.39. The molecule has 0 saturated carbocycles. The van der Waals surface area contributed by atoms with E-state index >= 15 is 0 Å². The summed E-state index contributed by atoms with van der Waals surface area (Å²) in [4.78, 5) is 12.7. The van der Waals surface area contributed by atoms with Gasteiger partial charge < -0.3 is 4.74 Å². The van der Waals surface area contributed by atoms with E-state index in [9.17, 15) is 13.2 Å². The predicted molar refractivity (Wildman–Crippen MR) is 131 cm³/mol. The van der Waals surface area contributed by atoms with Crippen LogP contribution in [0.3, 0.4) is 0 Å². The second kappa shape index (κ2) is 11.0. The molecule has 0 spiro atoms. The maximum atomic E-state index is 13.3. The van der Waals surface area contributed by atoms with Crippen molar-refractivity contribution in [3.05, 3.63) is 88.9 Å². The SMILES string of the molecule is CCOc1ccc(/C=N/NC(=O)CN(c2ccc(C)c(Cl)c2)S(=O)(=O)c2ccccc2)cc1. The van der Waals surface area contributed by atoms with Crippen molar-refractivity contribution in [1.82, 2.24) is 5.43 Å². The first-order valence-corrected chi connectivity index (χ1v) is 12.0. The third kappa shape index (κ3) is 6.34. The van der Waals surface area contributed by atoms with Gasteiger partial charge in [-0.3, -0.25) is 9.10 Å². The van der Waals surface area contributed by atoms with Crippen LogP contribution < -0.4 is 14.5 Å². The molecule has 0 fully saturated rings. The number of nitrogens with zero attached hydrogens (tertiary/aromatic N) is 2. The number of carbonyl (C=O) groups is 1. The lowest BCUT2D eigenvalue weighted by molar-refractivity contribution is -0.119. The molecule has 0 aliphatic heterocycles. The maximum Gasteiger partial charge on any atom is 0.264 e. The number of hydrazone groups is 1. The zero-order valence-electron chi connectivity index (χ0n) is 18.2. The number of amides is 1. The summed E-state index contributed by atoms with van der Waals surface area (Å²) in [5.74, 6) is 0.130. The quantitative estimate of drug-likeness (QED) is 0.359. The first kappa shape index (κ1) is 24.3. The fourth-order valence-corrected chi connectivity index (χ4v) is 4.54. The lowest BCUT2D eigenvalue weighted by atomic mass is 10.2. The van der Waals surface area contributed by atoms with E-state index in [0.29, 0.717) is 11.6 Å². The van der Waals surface area contributed by atoms with Crippen LogP contribution in [0.25, 0.3) is 0 Å². The molecule has 1 amide bonds. The van der Waals surface area contributed by atoms with Crippen LogP contribution in [0.1, 0.15) is 18.1 Å². The van der Waals surface area contributed by atoms with E-state index in [1.165, 1.54) is 24.4 Å². The summed E-state index contributed by atoms with van der Waals surface area (Å²) >= 11 is 6.22. The Hall–Kier alpha value is -3.36. The number of ether oxygens (including phenoxy) is 1. The minimum absolute atomic E-state index is 0.0624. The lowest BCUT2D eigenvalue weighted by Gasteiger charge is -2.24. The zero-order chi connectivity index (χ0) is 23.8. The summed E-state index contributed by atoms with van der Waals surface area (Å²) in [5.41, 5.74) is 4.20.